The van der Waals surface area contributed by atoms with E-state index in [0.29, 0.717) is 11.8 Å². The molecule has 0 aromatic rings. The van der Waals surface area contributed by atoms with Gasteiger partial charge < -0.3 is 2.85 Å². The summed E-state index contributed by atoms with van der Waals surface area (Å²) in [6.07, 6.45) is 0. The van der Waals surface area contributed by atoms with Gasteiger partial charge in [-0.15, -0.1) is 0 Å². The second kappa shape index (κ2) is 5.32. The second-order valence-corrected chi connectivity index (χ2v) is 9.52. The molecule has 0 radical (unpaired) electrons. The molecule has 2 unspecified atom stereocenters. The molecule has 0 nitrogen and oxygen atoms in total. The molecule has 0 bridgehead atoms. The average Bonchev–Trinajstić information content (AvgIpc) is 2.68. The Morgan fingerprint density at radius 2 is 0.947 bits per heavy atom. The van der Waals surface area contributed by atoms with Crippen molar-refractivity contribution in [3.8, 4) is 0 Å². The summed E-state index contributed by atoms with van der Waals surface area (Å²) in [5.74, 6) is 1.42. The summed E-state index contributed by atoms with van der Waals surface area (Å²) in [6.45, 7) is 18.8. The van der Waals surface area contributed by atoms with Crippen LogP contribution in [0, 0.1) is 11.8 Å². The van der Waals surface area contributed by atoms with Crippen LogP contribution in [0.5, 0.6) is 0 Å². The Kier molecular flexibility index (Phi) is 4.27. The van der Waals surface area contributed by atoms with Crippen molar-refractivity contribution >= 4 is 0 Å². The molecule has 0 aliphatic heterocycles. The monoisotopic (exact) mass is 334 g/mol. The number of allylic oxidation sites excluding steroid dienone is 8. The van der Waals surface area contributed by atoms with Gasteiger partial charge in [0.25, 0.3) is 0 Å². The van der Waals surface area contributed by atoms with Crippen molar-refractivity contribution in [2.75, 3.05) is 0 Å². The van der Waals surface area contributed by atoms with Gasteiger partial charge >= 0.3 is 130 Å². The maximum absolute atomic E-state index is 2.41. The largest absolute Gasteiger partial charge is 1.00 e. The predicted octanol–water partition coefficient (Wildman–Crippen LogP) is 5.81. The first-order valence-corrected chi connectivity index (χ1v) is 9.77. The van der Waals surface area contributed by atoms with E-state index in [0.717, 1.165) is 0 Å². The number of rotatable bonds is 2. The van der Waals surface area contributed by atoms with Crippen LogP contribution in [0.4, 0.5) is 0 Å². The van der Waals surface area contributed by atoms with Crippen molar-refractivity contribution in [1.82, 2.24) is 0 Å². The zero-order chi connectivity index (χ0) is 14.5. The van der Waals surface area contributed by atoms with E-state index in [4.69, 9.17) is 0 Å². The maximum Gasteiger partial charge on any atom is -1.00 e. The molecule has 1 heteroatoms. The quantitative estimate of drug-likeness (QED) is 0.597. The molecule has 0 saturated heterocycles. The van der Waals surface area contributed by atoms with E-state index in [1.54, 1.807) is 33.4 Å². The Labute approximate surface area is 133 Å². The van der Waals surface area contributed by atoms with Crippen LogP contribution in [0.1, 0.15) is 58.2 Å². The summed E-state index contributed by atoms with van der Waals surface area (Å²) >= 11 is -0.601. The van der Waals surface area contributed by atoms with Crippen LogP contribution >= 0.6 is 0 Å². The van der Waals surface area contributed by atoms with Crippen LogP contribution in [0.15, 0.2) is 40.0 Å². The van der Waals surface area contributed by atoms with Crippen LogP contribution < -0.4 is 0 Å². The minimum absolute atomic E-state index is 0. The minimum Gasteiger partial charge on any atom is -1.00 e. The average molecular weight is 336 g/mol. The third kappa shape index (κ3) is 2.33. The fraction of sp³-hybridized carbons (Fsp3) is 0.556. The van der Waals surface area contributed by atoms with Crippen molar-refractivity contribution in [2.24, 2.45) is 11.8 Å². The SMILES string of the molecule is CC1=C(C)C(C)[C]([Zr][C]2=C(C)C(C)=C(C)C2C)=C1C.[H-].[H-]. The molecule has 0 saturated carbocycles. The molecule has 0 heterocycles. The molecule has 0 spiro atoms. The molecule has 2 aliphatic carbocycles. The van der Waals surface area contributed by atoms with E-state index in [-0.39, 0.29) is 2.85 Å². The number of hydrogen-bond donors (Lipinski definition) is 0. The summed E-state index contributed by atoms with van der Waals surface area (Å²) in [5.41, 5.74) is 9.58. The van der Waals surface area contributed by atoms with E-state index >= 15 is 0 Å². The van der Waals surface area contributed by atoms with Gasteiger partial charge in [-0.05, 0) is 0 Å². The van der Waals surface area contributed by atoms with Gasteiger partial charge in [-0.25, -0.2) is 0 Å². The third-order valence-corrected chi connectivity index (χ3v) is 10.8. The van der Waals surface area contributed by atoms with Crippen molar-refractivity contribution in [3.63, 3.8) is 0 Å². The third-order valence-electron chi connectivity index (χ3n) is 5.55. The van der Waals surface area contributed by atoms with E-state index in [1.165, 1.54) is 0 Å². The molecule has 0 fully saturated rings. The molecule has 2 atom stereocenters. The molecule has 19 heavy (non-hydrogen) atoms. The predicted molar refractivity (Wildman–Crippen MR) is 82.7 cm³/mol. The van der Waals surface area contributed by atoms with Crippen molar-refractivity contribution < 1.29 is 26.1 Å². The van der Waals surface area contributed by atoms with E-state index in [2.05, 4.69) is 55.4 Å². The van der Waals surface area contributed by atoms with Gasteiger partial charge in [0.05, 0.1) is 0 Å². The first-order valence-electron chi connectivity index (χ1n) is 7.31. The zero-order valence-corrected chi connectivity index (χ0v) is 16.1. The zero-order valence-electron chi connectivity index (χ0n) is 15.7. The normalized spacial score (nSPS) is 28.2. The Morgan fingerprint density at radius 1 is 0.632 bits per heavy atom. The molecule has 0 aromatic heterocycles. The number of hydrogen-bond acceptors (Lipinski definition) is 0. The van der Waals surface area contributed by atoms with Crippen LogP contribution in [-0.4, -0.2) is 0 Å². The smallest absolute Gasteiger partial charge is 1.00 e. The van der Waals surface area contributed by atoms with Gasteiger partial charge in [0.1, 0.15) is 0 Å². The summed E-state index contributed by atoms with van der Waals surface area (Å²) in [7, 11) is 0. The molecule has 2 aliphatic rings. The van der Waals surface area contributed by atoms with Crippen LogP contribution in [-0.2, 0) is 23.2 Å². The van der Waals surface area contributed by atoms with E-state index in [9.17, 15) is 0 Å². The van der Waals surface area contributed by atoms with E-state index in [1.807, 2.05) is 6.56 Å². The van der Waals surface area contributed by atoms with Gasteiger partial charge in [0, 0.05) is 0 Å². The molecule has 2 rings (SSSR count). The molecular formula is C18H28Zr-2. The van der Waals surface area contributed by atoms with Gasteiger partial charge in [-0.1, -0.05) is 0 Å². The standard InChI is InChI=1S/2C9H13.Zr.2H/c2*1-6-5-7(2)9(4)8(6)3;;;/h2*6H,1-4H3;;;/q;;;2*-1. The fourth-order valence-corrected chi connectivity index (χ4v) is 7.96. The summed E-state index contributed by atoms with van der Waals surface area (Å²) in [4.78, 5) is 0. The molecule has 0 aromatic carbocycles. The van der Waals surface area contributed by atoms with Crippen LogP contribution in [0.3, 0.4) is 0 Å². The summed E-state index contributed by atoms with van der Waals surface area (Å²) < 4.78 is 3.64. The Hall–Kier alpha value is -0.157. The Balaban J connectivity index is 0.00000200. The summed E-state index contributed by atoms with van der Waals surface area (Å²) in [5, 5.41) is 0. The molecular weight excluding hydrogens is 307 g/mol. The van der Waals surface area contributed by atoms with Gasteiger partial charge in [-0.2, -0.15) is 0 Å². The van der Waals surface area contributed by atoms with Crippen molar-refractivity contribution in [3.05, 3.63) is 40.0 Å². The minimum atomic E-state index is -0.601. The second-order valence-electron chi connectivity index (χ2n) is 6.26. The van der Waals surface area contributed by atoms with Crippen LogP contribution in [0.25, 0.3) is 0 Å². The summed E-state index contributed by atoms with van der Waals surface area (Å²) in [6, 6.07) is 0. The molecule has 0 N–H and O–H groups in total. The topological polar surface area (TPSA) is 0 Å². The molecule has 0 amide bonds. The Morgan fingerprint density at radius 3 is 1.16 bits per heavy atom. The first kappa shape index (κ1) is 15.2. The van der Waals surface area contributed by atoms with Gasteiger partial charge in [0.15, 0.2) is 0 Å². The van der Waals surface area contributed by atoms with Gasteiger partial charge in [-0.3, -0.25) is 0 Å². The molecule has 106 valence electrons. The van der Waals surface area contributed by atoms with Crippen molar-refractivity contribution in [1.29, 1.82) is 0 Å². The van der Waals surface area contributed by atoms with Crippen LogP contribution in [0.2, 0.25) is 0 Å². The van der Waals surface area contributed by atoms with E-state index < -0.39 is 23.2 Å². The maximum atomic E-state index is 2.41. The van der Waals surface area contributed by atoms with Gasteiger partial charge in [0.2, 0.25) is 0 Å². The Bertz CT molecular complexity index is 512. The van der Waals surface area contributed by atoms with Crippen molar-refractivity contribution in [2.45, 2.75) is 55.4 Å². The first-order chi connectivity index (χ1) is 8.77. The fourth-order valence-electron chi connectivity index (χ4n) is 3.28.